The fraction of sp³-hybridized carbons (Fsp3) is 0.250. The highest BCUT2D eigenvalue weighted by molar-refractivity contribution is 5.95. The molecule has 2 aromatic rings. The van der Waals surface area contributed by atoms with Crippen molar-refractivity contribution in [2.75, 3.05) is 11.9 Å². The molecule has 1 atom stereocenters. The SMILES string of the molecule is CCc1ccc(OCC(=O)O[C@@H](C)C(=O)Nc2ccc(C#N)cc2)cc1. The Hall–Kier alpha value is -3.33. The topological polar surface area (TPSA) is 88.4 Å². The fourth-order valence-corrected chi connectivity index (χ4v) is 2.12. The molecule has 1 amide bonds. The smallest absolute Gasteiger partial charge is 0.344 e. The number of nitrogens with zero attached hydrogens (tertiary/aromatic N) is 1. The number of carbonyl (C=O) groups is 2. The van der Waals surface area contributed by atoms with Crippen LogP contribution in [0.3, 0.4) is 0 Å². The van der Waals surface area contributed by atoms with Crippen LogP contribution in [0, 0.1) is 11.3 Å². The van der Waals surface area contributed by atoms with E-state index in [0.717, 1.165) is 6.42 Å². The summed E-state index contributed by atoms with van der Waals surface area (Å²) in [6.07, 6.45) is -0.0435. The highest BCUT2D eigenvalue weighted by atomic mass is 16.6. The van der Waals surface area contributed by atoms with Gasteiger partial charge < -0.3 is 14.8 Å². The average molecular weight is 352 g/mol. The highest BCUT2D eigenvalue weighted by Gasteiger charge is 2.18. The molecule has 26 heavy (non-hydrogen) atoms. The lowest BCUT2D eigenvalue weighted by Gasteiger charge is -2.14. The van der Waals surface area contributed by atoms with Gasteiger partial charge in [0, 0.05) is 5.69 Å². The second-order valence-corrected chi connectivity index (χ2v) is 5.60. The maximum absolute atomic E-state index is 12.1. The summed E-state index contributed by atoms with van der Waals surface area (Å²) in [4.78, 5) is 23.9. The maximum atomic E-state index is 12.1. The monoisotopic (exact) mass is 352 g/mol. The van der Waals surface area contributed by atoms with Crippen molar-refractivity contribution in [1.29, 1.82) is 5.26 Å². The third-order valence-electron chi connectivity index (χ3n) is 3.65. The number of nitriles is 1. The van der Waals surface area contributed by atoms with Crippen molar-refractivity contribution in [2.24, 2.45) is 0 Å². The molecule has 134 valence electrons. The van der Waals surface area contributed by atoms with E-state index in [1.165, 1.54) is 12.5 Å². The number of benzene rings is 2. The predicted molar refractivity (Wildman–Crippen MR) is 96.7 cm³/mol. The quantitative estimate of drug-likeness (QED) is 0.774. The number of nitrogens with one attached hydrogen (secondary N) is 1. The number of ether oxygens (including phenoxy) is 2. The van der Waals surface area contributed by atoms with Crippen LogP contribution in [0.25, 0.3) is 0 Å². The second-order valence-electron chi connectivity index (χ2n) is 5.60. The van der Waals surface area contributed by atoms with Crippen LogP contribution in [-0.2, 0) is 20.7 Å². The minimum Gasteiger partial charge on any atom is -0.482 e. The number of hydrogen-bond acceptors (Lipinski definition) is 5. The third kappa shape index (κ3) is 5.64. The van der Waals surface area contributed by atoms with E-state index >= 15 is 0 Å². The van der Waals surface area contributed by atoms with Gasteiger partial charge in [0.15, 0.2) is 12.7 Å². The molecule has 0 radical (unpaired) electrons. The number of carbonyl (C=O) groups excluding carboxylic acids is 2. The summed E-state index contributed by atoms with van der Waals surface area (Å²) in [6.45, 7) is 3.25. The van der Waals surface area contributed by atoms with E-state index in [1.54, 1.807) is 36.4 Å². The van der Waals surface area contributed by atoms with E-state index < -0.39 is 18.0 Å². The molecule has 1 N–H and O–H groups in total. The zero-order valence-electron chi connectivity index (χ0n) is 14.7. The van der Waals surface area contributed by atoms with Crippen molar-refractivity contribution >= 4 is 17.6 Å². The third-order valence-corrected chi connectivity index (χ3v) is 3.65. The second kappa shape index (κ2) is 9.23. The molecule has 0 bridgehead atoms. The molecule has 6 heteroatoms. The van der Waals surface area contributed by atoms with Crippen LogP contribution in [0.4, 0.5) is 5.69 Å². The lowest BCUT2D eigenvalue weighted by Crippen LogP contribution is -2.31. The van der Waals surface area contributed by atoms with Gasteiger partial charge in [-0.05, 0) is 55.3 Å². The Morgan fingerprint density at radius 3 is 2.35 bits per heavy atom. The first-order valence-electron chi connectivity index (χ1n) is 8.24. The van der Waals surface area contributed by atoms with Gasteiger partial charge in [-0.15, -0.1) is 0 Å². The van der Waals surface area contributed by atoms with Gasteiger partial charge in [-0.25, -0.2) is 4.79 Å². The van der Waals surface area contributed by atoms with E-state index in [-0.39, 0.29) is 6.61 Å². The molecule has 0 heterocycles. The minimum absolute atomic E-state index is 0.278. The van der Waals surface area contributed by atoms with Gasteiger partial charge in [0.1, 0.15) is 5.75 Å². The van der Waals surface area contributed by atoms with Gasteiger partial charge in [0.05, 0.1) is 11.6 Å². The molecule has 0 aliphatic heterocycles. The van der Waals surface area contributed by atoms with Crippen molar-refractivity contribution in [2.45, 2.75) is 26.4 Å². The van der Waals surface area contributed by atoms with Gasteiger partial charge in [-0.2, -0.15) is 5.26 Å². The van der Waals surface area contributed by atoms with E-state index in [0.29, 0.717) is 17.0 Å². The van der Waals surface area contributed by atoms with Crippen LogP contribution >= 0.6 is 0 Å². The van der Waals surface area contributed by atoms with Gasteiger partial charge in [-0.1, -0.05) is 19.1 Å². The minimum atomic E-state index is -0.968. The zero-order chi connectivity index (χ0) is 18.9. The van der Waals surface area contributed by atoms with Crippen LogP contribution < -0.4 is 10.1 Å². The van der Waals surface area contributed by atoms with E-state index in [1.807, 2.05) is 18.2 Å². The summed E-state index contributed by atoms with van der Waals surface area (Å²) in [5, 5.41) is 11.4. The number of amides is 1. The molecule has 0 saturated heterocycles. The van der Waals surface area contributed by atoms with Crippen molar-refractivity contribution in [3.05, 3.63) is 59.7 Å². The highest BCUT2D eigenvalue weighted by Crippen LogP contribution is 2.13. The number of hydrogen-bond donors (Lipinski definition) is 1. The van der Waals surface area contributed by atoms with Gasteiger partial charge in [-0.3, -0.25) is 4.79 Å². The number of rotatable bonds is 7. The summed E-state index contributed by atoms with van der Waals surface area (Å²) in [7, 11) is 0. The van der Waals surface area contributed by atoms with Crippen LogP contribution in [0.1, 0.15) is 25.0 Å². The van der Waals surface area contributed by atoms with Crippen LogP contribution in [0.2, 0.25) is 0 Å². The Kier molecular flexibility index (Phi) is 6.75. The lowest BCUT2D eigenvalue weighted by atomic mass is 10.2. The lowest BCUT2D eigenvalue weighted by molar-refractivity contribution is -0.155. The fourth-order valence-electron chi connectivity index (χ4n) is 2.12. The molecule has 0 fully saturated rings. The summed E-state index contributed by atoms with van der Waals surface area (Å²) in [5.74, 6) is -0.531. The largest absolute Gasteiger partial charge is 0.482 e. The van der Waals surface area contributed by atoms with Crippen molar-refractivity contribution in [3.8, 4) is 11.8 Å². The molecule has 0 aromatic heterocycles. The first-order chi connectivity index (χ1) is 12.5. The first-order valence-corrected chi connectivity index (χ1v) is 8.24. The predicted octanol–water partition coefficient (Wildman–Crippen LogP) is 3.07. The Labute approximate surface area is 152 Å². The van der Waals surface area contributed by atoms with Crippen molar-refractivity contribution in [1.82, 2.24) is 0 Å². The Morgan fingerprint density at radius 1 is 1.12 bits per heavy atom. The molecule has 0 spiro atoms. The van der Waals surface area contributed by atoms with Gasteiger partial charge in [0.2, 0.25) is 0 Å². The maximum Gasteiger partial charge on any atom is 0.344 e. The standard InChI is InChI=1S/C20H20N2O4/c1-3-15-6-10-18(11-7-15)25-13-19(23)26-14(2)20(24)22-17-8-4-16(12-21)5-9-17/h4-11,14H,3,13H2,1-2H3,(H,22,24)/t14-/m0/s1. The molecular weight excluding hydrogens is 332 g/mol. The summed E-state index contributed by atoms with van der Waals surface area (Å²) >= 11 is 0. The molecule has 6 nitrogen and oxygen atoms in total. The molecule has 0 unspecified atom stereocenters. The molecule has 2 aromatic carbocycles. The summed E-state index contributed by atoms with van der Waals surface area (Å²) in [6, 6.07) is 15.8. The molecule has 0 saturated carbocycles. The van der Waals surface area contributed by atoms with E-state index in [2.05, 4.69) is 12.2 Å². The summed E-state index contributed by atoms with van der Waals surface area (Å²) in [5.41, 5.74) is 2.18. The number of esters is 1. The van der Waals surface area contributed by atoms with E-state index in [4.69, 9.17) is 14.7 Å². The number of aryl methyl sites for hydroxylation is 1. The van der Waals surface area contributed by atoms with Crippen LogP contribution in [0.5, 0.6) is 5.75 Å². The molecular formula is C20H20N2O4. The van der Waals surface area contributed by atoms with Crippen LogP contribution in [-0.4, -0.2) is 24.6 Å². The van der Waals surface area contributed by atoms with Gasteiger partial charge >= 0.3 is 5.97 Å². The van der Waals surface area contributed by atoms with Crippen molar-refractivity contribution < 1.29 is 19.1 Å². The normalized spacial score (nSPS) is 11.1. The molecule has 0 aliphatic carbocycles. The average Bonchev–Trinajstić information content (AvgIpc) is 2.67. The molecule has 2 rings (SSSR count). The Morgan fingerprint density at radius 2 is 1.77 bits per heavy atom. The van der Waals surface area contributed by atoms with Gasteiger partial charge in [0.25, 0.3) is 5.91 Å². The summed E-state index contributed by atoms with van der Waals surface area (Å²) < 4.78 is 10.4. The zero-order valence-corrected chi connectivity index (χ0v) is 14.7. The Balaban J connectivity index is 1.79. The van der Waals surface area contributed by atoms with Crippen molar-refractivity contribution in [3.63, 3.8) is 0 Å². The van der Waals surface area contributed by atoms with Crippen LogP contribution in [0.15, 0.2) is 48.5 Å². The van der Waals surface area contributed by atoms with E-state index in [9.17, 15) is 9.59 Å². The first kappa shape index (κ1) is 19.0. The Bertz CT molecular complexity index is 792. The molecule has 0 aliphatic rings. The number of anilines is 1.